The Hall–Kier alpha value is -2.88. The van der Waals surface area contributed by atoms with Gasteiger partial charge in [0.05, 0.1) is 0 Å². The molecule has 0 saturated heterocycles. The Balaban J connectivity index is 0.000000160. The van der Waals surface area contributed by atoms with E-state index in [1.54, 1.807) is 24.3 Å². The summed E-state index contributed by atoms with van der Waals surface area (Å²) in [4.78, 5) is 0. The molecule has 0 bridgehead atoms. The lowest BCUT2D eigenvalue weighted by Gasteiger charge is -1.98. The Morgan fingerprint density at radius 1 is 0.400 bits per heavy atom. The molecule has 0 aliphatic carbocycles. The molecule has 20 heavy (non-hydrogen) atoms. The largest absolute Gasteiger partial charge is 0.508 e. The van der Waals surface area contributed by atoms with Crippen LogP contribution in [0.5, 0.6) is 23.0 Å². The maximum Gasteiger partial charge on any atom is 0.116 e. The van der Waals surface area contributed by atoms with Crippen molar-refractivity contribution in [3.8, 4) is 23.0 Å². The van der Waals surface area contributed by atoms with E-state index in [1.807, 2.05) is 12.1 Å². The Bertz CT molecular complexity index is 647. The smallest absolute Gasteiger partial charge is 0.116 e. The molecule has 0 aliphatic heterocycles. The molecule has 0 heterocycles. The molecule has 0 atom stereocenters. The van der Waals surface area contributed by atoms with Crippen LogP contribution in [0.3, 0.4) is 0 Å². The summed E-state index contributed by atoms with van der Waals surface area (Å²) in [6.07, 6.45) is 0. The first-order valence-corrected chi connectivity index (χ1v) is 5.94. The van der Waals surface area contributed by atoms with Gasteiger partial charge in [-0.25, -0.2) is 0 Å². The topological polar surface area (TPSA) is 80.9 Å². The molecule has 0 amide bonds. The molecule has 3 aromatic carbocycles. The number of benzene rings is 3. The number of aromatic hydroxyl groups is 4. The molecule has 0 radical (unpaired) electrons. The molecule has 0 saturated carbocycles. The second-order valence-corrected chi connectivity index (χ2v) is 4.23. The van der Waals surface area contributed by atoms with Gasteiger partial charge in [-0.2, -0.15) is 0 Å². The van der Waals surface area contributed by atoms with Gasteiger partial charge >= 0.3 is 0 Å². The maximum absolute atomic E-state index is 9.14. The molecule has 0 spiro atoms. The predicted molar refractivity (Wildman–Crippen MR) is 77.0 cm³/mol. The maximum atomic E-state index is 9.14. The minimum absolute atomic E-state index is 0.169. The summed E-state index contributed by atoms with van der Waals surface area (Å²) in [6.45, 7) is 0. The highest BCUT2D eigenvalue weighted by Crippen LogP contribution is 2.23. The van der Waals surface area contributed by atoms with Gasteiger partial charge in [-0.05, 0) is 59.3 Å². The average molecular weight is 270 g/mol. The van der Waals surface area contributed by atoms with Gasteiger partial charge in [-0.3, -0.25) is 0 Å². The zero-order chi connectivity index (χ0) is 14.5. The van der Waals surface area contributed by atoms with E-state index in [2.05, 4.69) is 0 Å². The van der Waals surface area contributed by atoms with Crippen molar-refractivity contribution in [2.24, 2.45) is 0 Å². The van der Waals surface area contributed by atoms with Crippen LogP contribution in [0.25, 0.3) is 10.8 Å². The van der Waals surface area contributed by atoms with Crippen molar-refractivity contribution >= 4 is 10.8 Å². The van der Waals surface area contributed by atoms with Crippen LogP contribution in [0.1, 0.15) is 0 Å². The van der Waals surface area contributed by atoms with E-state index in [0.717, 1.165) is 10.8 Å². The fourth-order valence-electron chi connectivity index (χ4n) is 1.67. The molecular formula is C16H14O4. The molecule has 0 aromatic heterocycles. The monoisotopic (exact) mass is 270 g/mol. The van der Waals surface area contributed by atoms with Crippen LogP contribution in [0.2, 0.25) is 0 Å². The number of hydrogen-bond acceptors (Lipinski definition) is 4. The summed E-state index contributed by atoms with van der Waals surface area (Å²) in [6, 6.07) is 15.8. The zero-order valence-corrected chi connectivity index (χ0v) is 10.6. The molecule has 0 aliphatic rings. The minimum atomic E-state index is 0.169. The summed E-state index contributed by atoms with van der Waals surface area (Å²) in [7, 11) is 0. The van der Waals surface area contributed by atoms with Crippen LogP contribution < -0.4 is 0 Å². The van der Waals surface area contributed by atoms with Crippen molar-refractivity contribution in [1.82, 2.24) is 0 Å². The summed E-state index contributed by atoms with van der Waals surface area (Å²) in [5.74, 6) is 0.770. The standard InChI is InChI=1S/C10H8O2.C6H6O2/c11-9-3-1-7-2-4-10(12)6-8(7)5-9;7-5-1-2-6(8)4-3-5/h1-6,11-12H;1-4,7-8H. The Labute approximate surface area is 115 Å². The van der Waals surface area contributed by atoms with Crippen molar-refractivity contribution in [2.45, 2.75) is 0 Å². The van der Waals surface area contributed by atoms with Crippen LogP contribution in [-0.2, 0) is 0 Å². The third-order valence-corrected chi connectivity index (χ3v) is 2.66. The van der Waals surface area contributed by atoms with Gasteiger partial charge in [0.25, 0.3) is 0 Å². The van der Waals surface area contributed by atoms with Crippen LogP contribution in [0, 0.1) is 0 Å². The van der Waals surface area contributed by atoms with Gasteiger partial charge in [0.2, 0.25) is 0 Å². The molecule has 4 heteroatoms. The molecule has 4 nitrogen and oxygen atoms in total. The molecule has 0 unspecified atom stereocenters. The first kappa shape index (κ1) is 13.5. The fourth-order valence-corrected chi connectivity index (χ4v) is 1.67. The predicted octanol–water partition coefficient (Wildman–Crippen LogP) is 3.35. The van der Waals surface area contributed by atoms with Gasteiger partial charge < -0.3 is 20.4 Å². The quantitative estimate of drug-likeness (QED) is 0.472. The van der Waals surface area contributed by atoms with Crippen LogP contribution >= 0.6 is 0 Å². The second-order valence-electron chi connectivity index (χ2n) is 4.23. The second kappa shape index (κ2) is 5.84. The van der Waals surface area contributed by atoms with E-state index in [1.165, 1.54) is 24.3 Å². The highest BCUT2D eigenvalue weighted by atomic mass is 16.3. The Kier molecular flexibility index (Phi) is 3.96. The fraction of sp³-hybridized carbons (Fsp3) is 0. The first-order valence-electron chi connectivity index (χ1n) is 5.94. The third kappa shape index (κ3) is 3.55. The van der Waals surface area contributed by atoms with Crippen molar-refractivity contribution in [1.29, 1.82) is 0 Å². The summed E-state index contributed by atoms with van der Waals surface area (Å²) in [5, 5.41) is 37.4. The number of fused-ring (bicyclic) bond motifs is 1. The van der Waals surface area contributed by atoms with Gasteiger partial charge in [0, 0.05) is 0 Å². The molecular weight excluding hydrogens is 256 g/mol. The lowest BCUT2D eigenvalue weighted by Crippen LogP contribution is -1.71. The molecule has 102 valence electrons. The van der Waals surface area contributed by atoms with E-state index >= 15 is 0 Å². The summed E-state index contributed by atoms with van der Waals surface area (Å²) < 4.78 is 0. The van der Waals surface area contributed by atoms with Crippen LogP contribution in [0.4, 0.5) is 0 Å². The van der Waals surface area contributed by atoms with E-state index in [9.17, 15) is 0 Å². The number of phenols is 4. The van der Waals surface area contributed by atoms with Gasteiger partial charge in [0.15, 0.2) is 0 Å². The van der Waals surface area contributed by atoms with E-state index in [0.29, 0.717) is 0 Å². The lowest BCUT2D eigenvalue weighted by atomic mass is 10.1. The number of phenolic OH excluding ortho intramolecular Hbond substituents is 4. The number of rotatable bonds is 0. The number of hydrogen-bond donors (Lipinski definition) is 4. The summed E-state index contributed by atoms with van der Waals surface area (Å²) in [5.41, 5.74) is 0. The van der Waals surface area contributed by atoms with Gasteiger partial charge in [0.1, 0.15) is 23.0 Å². The highest BCUT2D eigenvalue weighted by Gasteiger charge is 1.95. The SMILES string of the molecule is Oc1ccc(O)cc1.Oc1ccc2ccc(O)cc2c1. The minimum Gasteiger partial charge on any atom is -0.508 e. The Morgan fingerprint density at radius 3 is 1.15 bits per heavy atom. The average Bonchev–Trinajstić information content (AvgIpc) is 2.42. The molecule has 4 N–H and O–H groups in total. The van der Waals surface area contributed by atoms with Crippen molar-refractivity contribution in [3.05, 3.63) is 60.7 Å². The molecule has 3 rings (SSSR count). The van der Waals surface area contributed by atoms with E-state index < -0.39 is 0 Å². The summed E-state index contributed by atoms with van der Waals surface area (Å²) >= 11 is 0. The van der Waals surface area contributed by atoms with E-state index in [-0.39, 0.29) is 23.0 Å². The van der Waals surface area contributed by atoms with E-state index in [4.69, 9.17) is 20.4 Å². The normalized spacial score (nSPS) is 9.80. The van der Waals surface area contributed by atoms with Crippen LogP contribution in [-0.4, -0.2) is 20.4 Å². The molecule has 3 aromatic rings. The third-order valence-electron chi connectivity index (χ3n) is 2.66. The zero-order valence-electron chi connectivity index (χ0n) is 10.6. The van der Waals surface area contributed by atoms with Crippen LogP contribution in [0.15, 0.2) is 60.7 Å². The van der Waals surface area contributed by atoms with Gasteiger partial charge in [-0.15, -0.1) is 0 Å². The highest BCUT2D eigenvalue weighted by molar-refractivity contribution is 5.84. The Morgan fingerprint density at radius 2 is 0.750 bits per heavy atom. The molecule has 0 fully saturated rings. The lowest BCUT2D eigenvalue weighted by molar-refractivity contribution is 0.460. The van der Waals surface area contributed by atoms with Crippen molar-refractivity contribution < 1.29 is 20.4 Å². The van der Waals surface area contributed by atoms with Gasteiger partial charge in [-0.1, -0.05) is 12.1 Å². The van der Waals surface area contributed by atoms with Crippen molar-refractivity contribution in [3.63, 3.8) is 0 Å². The van der Waals surface area contributed by atoms with Crippen molar-refractivity contribution in [2.75, 3.05) is 0 Å². The first-order chi connectivity index (χ1) is 9.54.